The van der Waals surface area contributed by atoms with Gasteiger partial charge in [0.1, 0.15) is 12.0 Å². The molecule has 1 atom stereocenters. The Bertz CT molecular complexity index is 846. The molecule has 138 valence electrons. The predicted octanol–water partition coefficient (Wildman–Crippen LogP) is 3.72. The fraction of sp³-hybridized carbons (Fsp3) is 0.364. The molecule has 2 rings (SSSR count). The first-order valence-electron chi connectivity index (χ1n) is 8.97. The summed E-state index contributed by atoms with van der Waals surface area (Å²) in [5.41, 5.74) is 12.8. The zero-order valence-electron chi connectivity index (χ0n) is 16.3. The first-order valence-corrected chi connectivity index (χ1v) is 10.5. The van der Waals surface area contributed by atoms with Crippen LogP contribution in [0.15, 0.2) is 24.3 Å². The third-order valence-electron chi connectivity index (χ3n) is 4.51. The number of carbonyl (C=O) groups excluding carboxylic acids is 1. The van der Waals surface area contributed by atoms with Crippen LogP contribution in [0.25, 0.3) is 0 Å². The van der Waals surface area contributed by atoms with E-state index in [-0.39, 0.29) is 5.78 Å². The standard InChI is InChI=1S/C22H28NO2P/c1-14-9-16(3)20(17(4)10-14)22(24)21-18(5)11-15(2)12-19(21)13-26(25)8-6-7-23/h9-13H,6-8,23H2,1-5H3. The summed E-state index contributed by atoms with van der Waals surface area (Å²) < 4.78 is 0. The van der Waals surface area contributed by atoms with Gasteiger partial charge in [-0.2, -0.15) is 0 Å². The van der Waals surface area contributed by atoms with Crippen LogP contribution in [0.4, 0.5) is 0 Å². The second-order valence-corrected chi connectivity index (χ2v) is 8.60. The van der Waals surface area contributed by atoms with E-state index in [9.17, 15) is 9.69 Å². The third-order valence-corrected chi connectivity index (χ3v) is 5.83. The molecule has 0 radical (unpaired) electrons. The predicted molar refractivity (Wildman–Crippen MR) is 111 cm³/mol. The van der Waals surface area contributed by atoms with E-state index < -0.39 is 7.77 Å². The maximum absolute atomic E-state index is 13.4. The molecule has 1 unspecified atom stereocenters. The van der Waals surface area contributed by atoms with Gasteiger partial charge in [0.25, 0.3) is 0 Å². The number of hydrogen-bond acceptors (Lipinski definition) is 3. The molecule has 0 amide bonds. The Morgan fingerprint density at radius 2 is 1.46 bits per heavy atom. The zero-order chi connectivity index (χ0) is 19.4. The van der Waals surface area contributed by atoms with Gasteiger partial charge in [0.15, 0.2) is 5.78 Å². The van der Waals surface area contributed by atoms with Gasteiger partial charge in [-0.05, 0) is 70.3 Å². The maximum Gasteiger partial charge on any atom is 0.194 e. The Hall–Kier alpha value is -1.80. The minimum absolute atomic E-state index is 0.00553. The summed E-state index contributed by atoms with van der Waals surface area (Å²) in [5, 5.41) is 0. The number of rotatable bonds is 6. The van der Waals surface area contributed by atoms with Crippen molar-refractivity contribution in [1.29, 1.82) is 0 Å². The summed E-state index contributed by atoms with van der Waals surface area (Å²) >= 11 is 0. The molecule has 0 spiro atoms. The maximum atomic E-state index is 13.4. The van der Waals surface area contributed by atoms with Gasteiger partial charge in [-0.25, -0.2) is 0 Å². The van der Waals surface area contributed by atoms with Crippen molar-refractivity contribution >= 4 is 19.4 Å². The highest BCUT2D eigenvalue weighted by Crippen LogP contribution is 2.26. The van der Waals surface area contributed by atoms with Crippen LogP contribution in [-0.2, 0) is 0 Å². The number of ketones is 1. The number of aryl methyl sites for hydroxylation is 5. The SMILES string of the molecule is Cc1cc(C)c(C(=O)c2c(C)cc(C)cc2C=[P+]([O-])CCCN)c(C)c1. The fourth-order valence-corrected chi connectivity index (χ4v) is 4.68. The normalized spacial score (nSPS) is 11.7. The molecule has 26 heavy (non-hydrogen) atoms. The summed E-state index contributed by atoms with van der Waals surface area (Å²) in [5.74, 6) is 1.75. The summed E-state index contributed by atoms with van der Waals surface area (Å²) in [6.45, 7) is 10.4. The third kappa shape index (κ3) is 4.67. The van der Waals surface area contributed by atoms with Gasteiger partial charge in [0.05, 0.1) is 7.77 Å². The van der Waals surface area contributed by atoms with Crippen molar-refractivity contribution < 1.29 is 9.69 Å². The van der Waals surface area contributed by atoms with Crippen LogP contribution in [0.2, 0.25) is 0 Å². The Balaban J connectivity index is 2.61. The second-order valence-electron chi connectivity index (χ2n) is 7.06. The molecule has 0 fully saturated rings. The van der Waals surface area contributed by atoms with Gasteiger partial charge < -0.3 is 10.6 Å². The molecule has 0 aliphatic carbocycles. The Labute approximate surface area is 157 Å². The van der Waals surface area contributed by atoms with Crippen LogP contribution in [0, 0.1) is 34.6 Å². The van der Waals surface area contributed by atoms with E-state index in [0.29, 0.717) is 18.3 Å². The van der Waals surface area contributed by atoms with Gasteiger partial charge in [-0.15, -0.1) is 0 Å². The molecule has 0 bridgehead atoms. The highest BCUT2D eigenvalue weighted by molar-refractivity contribution is 7.50. The van der Waals surface area contributed by atoms with Crippen molar-refractivity contribution in [3.05, 3.63) is 68.8 Å². The number of nitrogens with two attached hydrogens (primary N) is 1. The Morgan fingerprint density at radius 1 is 0.962 bits per heavy atom. The molecule has 0 saturated carbocycles. The van der Waals surface area contributed by atoms with Gasteiger partial charge in [0, 0.05) is 16.7 Å². The lowest BCUT2D eigenvalue weighted by molar-refractivity contribution is -0.152. The molecule has 4 heteroatoms. The van der Waals surface area contributed by atoms with Gasteiger partial charge >= 0.3 is 0 Å². The zero-order valence-corrected chi connectivity index (χ0v) is 17.2. The van der Waals surface area contributed by atoms with Gasteiger partial charge in [-0.3, -0.25) is 4.79 Å². The fourth-order valence-electron chi connectivity index (χ4n) is 3.54. The molecule has 2 aromatic rings. The minimum atomic E-state index is -1.53. The van der Waals surface area contributed by atoms with Crippen LogP contribution in [-0.4, -0.2) is 24.3 Å². The number of hydrogen-bond donors (Lipinski definition) is 1. The summed E-state index contributed by atoms with van der Waals surface area (Å²) in [7, 11) is -1.53. The molecule has 2 aromatic carbocycles. The van der Waals surface area contributed by atoms with E-state index in [4.69, 9.17) is 5.73 Å². The monoisotopic (exact) mass is 369 g/mol. The summed E-state index contributed by atoms with van der Waals surface area (Å²) in [6.07, 6.45) is 1.27. The van der Waals surface area contributed by atoms with E-state index in [1.54, 1.807) is 5.80 Å². The Kier molecular flexibility index (Phi) is 6.88. The second kappa shape index (κ2) is 8.73. The van der Waals surface area contributed by atoms with Crippen molar-refractivity contribution in [1.82, 2.24) is 0 Å². The highest BCUT2D eigenvalue weighted by Gasteiger charge is 2.21. The molecule has 3 nitrogen and oxygen atoms in total. The average Bonchev–Trinajstić information content (AvgIpc) is 2.51. The first kappa shape index (κ1) is 20.5. The van der Waals surface area contributed by atoms with Crippen LogP contribution >= 0.6 is 7.77 Å². The van der Waals surface area contributed by atoms with Crippen molar-refractivity contribution in [3.8, 4) is 0 Å². The van der Waals surface area contributed by atoms with Crippen molar-refractivity contribution in [2.75, 3.05) is 12.7 Å². The van der Waals surface area contributed by atoms with Crippen molar-refractivity contribution in [3.63, 3.8) is 0 Å². The van der Waals surface area contributed by atoms with E-state index in [2.05, 4.69) is 0 Å². The molecule has 0 aliphatic rings. The lowest BCUT2D eigenvalue weighted by Gasteiger charge is -2.15. The number of benzene rings is 2. The molecular formula is C22H28NO2P. The molecule has 0 heterocycles. The van der Waals surface area contributed by atoms with Crippen LogP contribution < -0.4 is 10.6 Å². The molecule has 2 N–H and O–H groups in total. The molecule has 0 aromatic heterocycles. The number of carbonyl (C=O) groups is 1. The molecular weight excluding hydrogens is 341 g/mol. The van der Waals surface area contributed by atoms with Gasteiger partial charge in [-0.1, -0.05) is 29.3 Å². The molecule has 0 aliphatic heterocycles. The summed E-state index contributed by atoms with van der Waals surface area (Å²) in [4.78, 5) is 25.8. The highest BCUT2D eigenvalue weighted by atomic mass is 31.1. The molecule has 0 saturated heterocycles. The largest absolute Gasteiger partial charge is 0.630 e. The Morgan fingerprint density at radius 3 is 2.00 bits per heavy atom. The van der Waals surface area contributed by atoms with E-state index >= 15 is 0 Å². The quantitative estimate of drug-likeness (QED) is 0.623. The minimum Gasteiger partial charge on any atom is -0.630 e. The van der Waals surface area contributed by atoms with Crippen LogP contribution in [0.5, 0.6) is 0 Å². The average molecular weight is 369 g/mol. The van der Waals surface area contributed by atoms with Crippen molar-refractivity contribution in [2.45, 2.75) is 41.0 Å². The van der Waals surface area contributed by atoms with Crippen LogP contribution in [0.1, 0.15) is 55.7 Å². The van der Waals surface area contributed by atoms with Gasteiger partial charge in [0.2, 0.25) is 0 Å². The lowest BCUT2D eigenvalue weighted by atomic mass is 9.88. The smallest absolute Gasteiger partial charge is 0.194 e. The lowest BCUT2D eigenvalue weighted by Crippen LogP contribution is -2.12. The van der Waals surface area contributed by atoms with E-state index in [1.807, 2.05) is 58.9 Å². The van der Waals surface area contributed by atoms with E-state index in [0.717, 1.165) is 45.4 Å². The van der Waals surface area contributed by atoms with Crippen molar-refractivity contribution in [2.24, 2.45) is 5.73 Å². The van der Waals surface area contributed by atoms with Crippen LogP contribution in [0.3, 0.4) is 0 Å². The summed E-state index contributed by atoms with van der Waals surface area (Å²) in [6, 6.07) is 8.04. The topological polar surface area (TPSA) is 66.1 Å². The van der Waals surface area contributed by atoms with E-state index in [1.165, 1.54) is 0 Å². The first-order chi connectivity index (χ1) is 12.2.